The molecule has 0 aliphatic heterocycles. The van der Waals surface area contributed by atoms with Crippen molar-refractivity contribution in [1.29, 1.82) is 0 Å². The number of nitrogens with zero attached hydrogens (tertiary/aromatic N) is 2. The van der Waals surface area contributed by atoms with E-state index in [0.717, 1.165) is 89.1 Å². The van der Waals surface area contributed by atoms with Crippen LogP contribution >= 0.6 is 14.3 Å². The van der Waals surface area contributed by atoms with Crippen LogP contribution in [0, 0.1) is 0 Å². The van der Waals surface area contributed by atoms with Gasteiger partial charge in [-0.1, -0.05) is 183 Å². The van der Waals surface area contributed by atoms with E-state index in [2.05, 4.69) is 51.3 Å². The Balaban J connectivity index is 5.64. The molecule has 0 fully saturated rings. The monoisotopic (exact) mass is 745 g/mol. The Morgan fingerprint density at radius 3 is 0.740 bits per heavy atom. The highest BCUT2D eigenvalue weighted by molar-refractivity contribution is 7.64. The van der Waals surface area contributed by atoms with E-state index >= 15 is 0 Å². The van der Waals surface area contributed by atoms with E-state index in [1.807, 2.05) is 0 Å². The number of hydrogen-bond acceptors (Lipinski definition) is 4. The summed E-state index contributed by atoms with van der Waals surface area (Å²) in [6, 6.07) is 0. The van der Waals surface area contributed by atoms with Crippen LogP contribution in [0.25, 0.3) is 0 Å². The standard InChI is InChI=1S/C44H94N2O2P2/c1-7-13-19-23-27-31-39-49(47,40-32-28-24-20-14-8-2)43-45(35-17-11-5)37-38-46(36-18-12-6)44-50(48,41-33-29-25-21-15-9-3)42-34-30-26-22-16-10-4/h7-44H2,1-6H3. The molecule has 0 aromatic heterocycles. The Kier molecular flexibility index (Phi) is 36.6. The van der Waals surface area contributed by atoms with Crippen LogP contribution in [0.5, 0.6) is 0 Å². The molecule has 0 atom stereocenters. The largest absolute Gasteiger partial charge is 0.322 e. The van der Waals surface area contributed by atoms with E-state index in [4.69, 9.17) is 0 Å². The van der Waals surface area contributed by atoms with Crippen molar-refractivity contribution >= 4 is 14.3 Å². The number of hydrogen-bond donors (Lipinski definition) is 0. The highest BCUT2D eigenvalue weighted by atomic mass is 31.2. The van der Waals surface area contributed by atoms with Gasteiger partial charge >= 0.3 is 0 Å². The van der Waals surface area contributed by atoms with Gasteiger partial charge in [0.1, 0.15) is 14.3 Å². The molecule has 0 rings (SSSR count). The molecule has 0 aromatic carbocycles. The maximum absolute atomic E-state index is 14.7. The van der Waals surface area contributed by atoms with Crippen molar-refractivity contribution in [3.05, 3.63) is 0 Å². The van der Waals surface area contributed by atoms with E-state index in [-0.39, 0.29) is 0 Å². The second-order valence-corrected chi connectivity index (χ2v) is 22.9. The lowest BCUT2D eigenvalue weighted by Gasteiger charge is -2.33. The Morgan fingerprint density at radius 1 is 0.280 bits per heavy atom. The molecular weight excluding hydrogens is 650 g/mol. The van der Waals surface area contributed by atoms with Crippen molar-refractivity contribution < 1.29 is 9.13 Å². The molecule has 0 aliphatic rings. The minimum absolute atomic E-state index is 0.811. The molecule has 0 aliphatic carbocycles. The molecule has 0 saturated heterocycles. The van der Waals surface area contributed by atoms with Crippen LogP contribution in [-0.2, 0) is 9.13 Å². The van der Waals surface area contributed by atoms with E-state index in [9.17, 15) is 9.13 Å². The number of rotatable bonds is 41. The van der Waals surface area contributed by atoms with E-state index in [1.165, 1.54) is 154 Å². The van der Waals surface area contributed by atoms with E-state index < -0.39 is 14.3 Å². The molecule has 302 valence electrons. The van der Waals surface area contributed by atoms with Gasteiger partial charge < -0.3 is 9.13 Å². The molecule has 0 saturated carbocycles. The van der Waals surface area contributed by atoms with Gasteiger partial charge in [0.2, 0.25) is 0 Å². The summed E-state index contributed by atoms with van der Waals surface area (Å²) in [4.78, 5) is 5.20. The highest BCUT2D eigenvalue weighted by Crippen LogP contribution is 2.49. The molecule has 0 N–H and O–H groups in total. The maximum Gasteiger partial charge on any atom is 0.101 e. The van der Waals surface area contributed by atoms with Crippen molar-refractivity contribution in [2.75, 3.05) is 63.4 Å². The zero-order valence-electron chi connectivity index (χ0n) is 35.5. The Labute approximate surface area is 317 Å². The Morgan fingerprint density at radius 2 is 0.500 bits per heavy atom. The first-order chi connectivity index (χ1) is 24.3. The molecule has 0 radical (unpaired) electrons. The predicted molar refractivity (Wildman–Crippen MR) is 231 cm³/mol. The summed E-state index contributed by atoms with van der Waals surface area (Å²) in [5, 5.41) is 0. The topological polar surface area (TPSA) is 40.6 Å². The first kappa shape index (κ1) is 50.4. The SMILES string of the molecule is CCCCCCCCP(=O)(CCCCCCCC)CN(CCCC)CCN(CCCC)CP(=O)(CCCCCCCC)CCCCCCCC. The van der Waals surface area contributed by atoms with Gasteiger partial charge in [0.05, 0.1) is 12.6 Å². The van der Waals surface area contributed by atoms with Gasteiger partial charge in [0.25, 0.3) is 0 Å². The lowest BCUT2D eigenvalue weighted by molar-refractivity contribution is 0.233. The molecule has 50 heavy (non-hydrogen) atoms. The van der Waals surface area contributed by atoms with Crippen LogP contribution in [0.2, 0.25) is 0 Å². The van der Waals surface area contributed by atoms with Crippen molar-refractivity contribution in [2.45, 2.75) is 221 Å². The highest BCUT2D eigenvalue weighted by Gasteiger charge is 2.27. The minimum atomic E-state index is -2.25. The molecule has 0 heterocycles. The van der Waals surface area contributed by atoms with Gasteiger partial charge in [0.15, 0.2) is 0 Å². The first-order valence-corrected chi connectivity index (χ1v) is 27.4. The van der Waals surface area contributed by atoms with Crippen LogP contribution in [0.1, 0.15) is 221 Å². The molecule has 0 amide bonds. The van der Waals surface area contributed by atoms with Crippen molar-refractivity contribution in [3.8, 4) is 0 Å². The summed E-state index contributed by atoms with van der Waals surface area (Å²) in [5.41, 5.74) is 0. The molecule has 4 nitrogen and oxygen atoms in total. The Hall–Kier alpha value is 0.380. The third kappa shape index (κ3) is 30.8. The summed E-state index contributed by atoms with van der Waals surface area (Å²) < 4.78 is 29.5. The first-order valence-electron chi connectivity index (χ1n) is 22.9. The molecule has 0 aromatic rings. The van der Waals surface area contributed by atoms with Gasteiger partial charge in [-0.2, -0.15) is 0 Å². The predicted octanol–water partition coefficient (Wildman–Crippen LogP) is 15.3. The summed E-state index contributed by atoms with van der Waals surface area (Å²) in [6.07, 6.45) is 40.6. The molecule has 0 bridgehead atoms. The van der Waals surface area contributed by atoms with Crippen molar-refractivity contribution in [1.82, 2.24) is 9.80 Å². The quantitative estimate of drug-likeness (QED) is 0.0462. The molecular formula is C44H94N2O2P2. The third-order valence-corrected chi connectivity index (χ3v) is 17.3. The second-order valence-electron chi connectivity index (χ2n) is 16.3. The average Bonchev–Trinajstić information content (AvgIpc) is 3.11. The fourth-order valence-corrected chi connectivity index (χ4v) is 13.7. The van der Waals surface area contributed by atoms with Gasteiger partial charge in [-0.15, -0.1) is 0 Å². The minimum Gasteiger partial charge on any atom is -0.322 e. The fraction of sp³-hybridized carbons (Fsp3) is 1.00. The Bertz CT molecular complexity index is 688. The average molecular weight is 745 g/mol. The van der Waals surface area contributed by atoms with Crippen LogP contribution in [0.4, 0.5) is 0 Å². The van der Waals surface area contributed by atoms with Crippen LogP contribution in [0.15, 0.2) is 0 Å². The summed E-state index contributed by atoms with van der Waals surface area (Å²) in [6.45, 7) is 17.8. The maximum atomic E-state index is 14.7. The number of unbranched alkanes of at least 4 members (excludes halogenated alkanes) is 22. The van der Waals surface area contributed by atoms with Crippen LogP contribution < -0.4 is 0 Å². The van der Waals surface area contributed by atoms with Gasteiger partial charge in [-0.3, -0.25) is 9.80 Å². The van der Waals surface area contributed by atoms with E-state index in [0.29, 0.717) is 0 Å². The fourth-order valence-electron chi connectivity index (χ4n) is 7.51. The summed E-state index contributed by atoms with van der Waals surface area (Å²) in [5.74, 6) is 0. The van der Waals surface area contributed by atoms with Crippen molar-refractivity contribution in [3.63, 3.8) is 0 Å². The van der Waals surface area contributed by atoms with Crippen molar-refractivity contribution in [2.24, 2.45) is 0 Å². The van der Waals surface area contributed by atoms with Crippen LogP contribution in [0.3, 0.4) is 0 Å². The summed E-state index contributed by atoms with van der Waals surface area (Å²) >= 11 is 0. The lowest BCUT2D eigenvalue weighted by atomic mass is 10.1. The zero-order valence-corrected chi connectivity index (χ0v) is 37.3. The van der Waals surface area contributed by atoms with Crippen LogP contribution in [-0.4, -0.2) is 73.2 Å². The second kappa shape index (κ2) is 36.4. The molecule has 6 heteroatoms. The lowest BCUT2D eigenvalue weighted by Crippen LogP contribution is -2.38. The smallest absolute Gasteiger partial charge is 0.101 e. The zero-order chi connectivity index (χ0) is 37.0. The molecule has 0 spiro atoms. The summed E-state index contributed by atoms with van der Waals surface area (Å²) in [7, 11) is -4.50. The van der Waals surface area contributed by atoms with Gasteiger partial charge in [-0.05, 0) is 51.6 Å². The van der Waals surface area contributed by atoms with Gasteiger partial charge in [-0.25, -0.2) is 0 Å². The van der Waals surface area contributed by atoms with E-state index in [1.54, 1.807) is 0 Å². The third-order valence-electron chi connectivity index (χ3n) is 11.0. The van der Waals surface area contributed by atoms with Gasteiger partial charge in [0, 0.05) is 37.7 Å². The molecule has 0 unspecified atom stereocenters. The normalized spacial score (nSPS) is 12.6.